The van der Waals surface area contributed by atoms with Crippen LogP contribution in [0.25, 0.3) is 0 Å². The summed E-state index contributed by atoms with van der Waals surface area (Å²) in [4.78, 5) is 36.4. The minimum Gasteiger partial charge on any atom is -0.431 e. The highest BCUT2D eigenvalue weighted by Gasteiger charge is 2.38. The standard InChI is InChI=1S/C21H16Cl2N4O5/c22-13-15(24-11-7-3-1-4-8-11)17(31-19(13)28)26-21(30)27-18-16(14(23)20(29)32-18)25-12-9-5-2-6-10-12/h1-10,17-18,24-25H,(H2,26,27,30)/t17-,18-/m1/s1. The monoisotopic (exact) mass is 474 g/mol. The van der Waals surface area contributed by atoms with Crippen molar-refractivity contribution in [2.45, 2.75) is 12.5 Å². The highest BCUT2D eigenvalue weighted by molar-refractivity contribution is 6.43. The van der Waals surface area contributed by atoms with Crippen LogP contribution in [0.3, 0.4) is 0 Å². The maximum atomic E-state index is 12.6. The predicted octanol–water partition coefficient (Wildman–Crippen LogP) is 3.18. The number of esters is 2. The molecule has 0 fully saturated rings. The quantitative estimate of drug-likeness (QED) is 0.474. The summed E-state index contributed by atoms with van der Waals surface area (Å²) in [5.41, 5.74) is 1.61. The molecule has 0 aliphatic carbocycles. The number of amides is 2. The van der Waals surface area contributed by atoms with Crippen LogP contribution < -0.4 is 21.3 Å². The van der Waals surface area contributed by atoms with Gasteiger partial charge in [0.05, 0.1) is 0 Å². The van der Waals surface area contributed by atoms with Crippen LogP contribution in [0, 0.1) is 0 Å². The van der Waals surface area contributed by atoms with Crippen molar-refractivity contribution in [3.63, 3.8) is 0 Å². The lowest BCUT2D eigenvalue weighted by molar-refractivity contribution is -0.140. The summed E-state index contributed by atoms with van der Waals surface area (Å²) in [7, 11) is 0. The van der Waals surface area contributed by atoms with Crippen molar-refractivity contribution in [3.8, 4) is 0 Å². The number of carbonyl (C=O) groups excluding carboxylic acids is 3. The second kappa shape index (κ2) is 9.21. The van der Waals surface area contributed by atoms with Crippen LogP contribution >= 0.6 is 23.2 Å². The Morgan fingerprint density at radius 2 is 1.06 bits per heavy atom. The number of benzene rings is 2. The van der Waals surface area contributed by atoms with Crippen LogP contribution in [0.4, 0.5) is 16.2 Å². The maximum Gasteiger partial charge on any atom is 0.354 e. The van der Waals surface area contributed by atoms with Crippen LogP contribution in [-0.4, -0.2) is 30.4 Å². The Kier molecular flexibility index (Phi) is 6.20. The summed E-state index contributed by atoms with van der Waals surface area (Å²) < 4.78 is 10.2. The van der Waals surface area contributed by atoms with Crippen molar-refractivity contribution in [1.29, 1.82) is 0 Å². The zero-order chi connectivity index (χ0) is 22.7. The first-order chi connectivity index (χ1) is 15.4. The van der Waals surface area contributed by atoms with Crippen LogP contribution in [-0.2, 0) is 19.1 Å². The Morgan fingerprint density at radius 1 is 0.688 bits per heavy atom. The highest BCUT2D eigenvalue weighted by Crippen LogP contribution is 2.27. The molecule has 2 aromatic rings. The van der Waals surface area contributed by atoms with E-state index in [0.717, 1.165) is 0 Å². The summed E-state index contributed by atoms with van der Waals surface area (Å²) in [6.45, 7) is 0. The van der Waals surface area contributed by atoms with E-state index in [9.17, 15) is 14.4 Å². The Hall–Kier alpha value is -3.69. The van der Waals surface area contributed by atoms with Gasteiger partial charge in [-0.2, -0.15) is 0 Å². The third-order valence-corrected chi connectivity index (χ3v) is 5.15. The van der Waals surface area contributed by atoms with Gasteiger partial charge in [0.2, 0.25) is 12.5 Å². The molecule has 0 aromatic heterocycles. The van der Waals surface area contributed by atoms with E-state index < -0.39 is 30.4 Å². The van der Waals surface area contributed by atoms with E-state index in [0.29, 0.717) is 11.4 Å². The SMILES string of the molecule is O=C(N[C@@H]1OC(=O)C(Cl)=C1Nc1ccccc1)N[C@@H]1OC(=O)C(Cl)=C1Nc1ccccc1. The summed E-state index contributed by atoms with van der Waals surface area (Å²) in [5, 5.41) is 10.5. The molecule has 2 heterocycles. The molecule has 2 amide bonds. The molecule has 2 atom stereocenters. The smallest absolute Gasteiger partial charge is 0.354 e. The molecule has 164 valence electrons. The van der Waals surface area contributed by atoms with Gasteiger partial charge in [-0.05, 0) is 24.3 Å². The first kappa shape index (κ1) is 21.5. The largest absolute Gasteiger partial charge is 0.431 e. The van der Waals surface area contributed by atoms with Gasteiger partial charge < -0.3 is 20.1 Å². The number of carbonyl (C=O) groups is 3. The van der Waals surface area contributed by atoms with Crippen LogP contribution in [0.15, 0.2) is 82.1 Å². The van der Waals surface area contributed by atoms with Crippen molar-refractivity contribution in [3.05, 3.63) is 82.1 Å². The van der Waals surface area contributed by atoms with E-state index in [-0.39, 0.29) is 21.5 Å². The lowest BCUT2D eigenvalue weighted by Gasteiger charge is -2.21. The van der Waals surface area contributed by atoms with Crippen LogP contribution in [0.1, 0.15) is 0 Å². The van der Waals surface area contributed by atoms with Crippen molar-refractivity contribution < 1.29 is 23.9 Å². The molecule has 4 N–H and O–H groups in total. The fourth-order valence-electron chi connectivity index (χ4n) is 2.96. The van der Waals surface area contributed by atoms with Crippen molar-refractivity contribution >= 4 is 52.5 Å². The molecule has 32 heavy (non-hydrogen) atoms. The van der Waals surface area contributed by atoms with Gasteiger partial charge in [0.1, 0.15) is 11.4 Å². The lowest BCUT2D eigenvalue weighted by Crippen LogP contribution is -2.49. The Labute approximate surface area is 192 Å². The minimum atomic E-state index is -1.18. The summed E-state index contributed by atoms with van der Waals surface area (Å²) in [5.74, 6) is -1.59. The van der Waals surface area contributed by atoms with Crippen LogP contribution in [0.5, 0.6) is 0 Å². The van der Waals surface area contributed by atoms with Crippen molar-refractivity contribution in [2.75, 3.05) is 10.6 Å². The number of nitrogens with one attached hydrogen (secondary N) is 4. The van der Waals surface area contributed by atoms with Gasteiger partial charge in [0, 0.05) is 11.4 Å². The normalized spacial score (nSPS) is 20.1. The molecule has 0 bridgehead atoms. The molecule has 2 aromatic carbocycles. The number of cyclic esters (lactones) is 2. The Bertz CT molecular complexity index is 1030. The van der Waals surface area contributed by atoms with Gasteiger partial charge in [0.25, 0.3) is 0 Å². The van der Waals surface area contributed by atoms with Crippen molar-refractivity contribution in [1.82, 2.24) is 10.6 Å². The number of hydrogen-bond donors (Lipinski definition) is 4. The Morgan fingerprint density at radius 3 is 1.44 bits per heavy atom. The number of halogens is 2. The predicted molar refractivity (Wildman–Crippen MR) is 117 cm³/mol. The number of urea groups is 1. The van der Waals surface area contributed by atoms with Crippen LogP contribution in [0.2, 0.25) is 0 Å². The number of hydrogen-bond acceptors (Lipinski definition) is 7. The third kappa shape index (κ3) is 4.63. The molecule has 9 nitrogen and oxygen atoms in total. The molecular formula is C21H16Cl2N4O5. The molecule has 2 aliphatic rings. The molecule has 0 unspecified atom stereocenters. The number of anilines is 2. The van der Waals surface area contributed by atoms with Crippen molar-refractivity contribution in [2.24, 2.45) is 0 Å². The topological polar surface area (TPSA) is 118 Å². The summed E-state index contributed by atoms with van der Waals surface area (Å²) in [6, 6.07) is 17.0. The van der Waals surface area contributed by atoms with Gasteiger partial charge in [-0.15, -0.1) is 0 Å². The average molecular weight is 475 g/mol. The van der Waals surface area contributed by atoms with E-state index in [4.69, 9.17) is 32.7 Å². The van der Waals surface area contributed by atoms with Gasteiger partial charge in [0.15, 0.2) is 10.1 Å². The molecular weight excluding hydrogens is 459 g/mol. The molecule has 0 saturated carbocycles. The summed E-state index contributed by atoms with van der Waals surface area (Å²) in [6.07, 6.45) is -2.37. The second-order valence-electron chi connectivity index (χ2n) is 6.63. The molecule has 11 heteroatoms. The molecule has 0 radical (unpaired) electrons. The van der Waals surface area contributed by atoms with E-state index >= 15 is 0 Å². The van der Waals surface area contributed by atoms with Gasteiger partial charge >= 0.3 is 18.0 Å². The highest BCUT2D eigenvalue weighted by atomic mass is 35.5. The maximum absolute atomic E-state index is 12.6. The van der Waals surface area contributed by atoms with E-state index in [1.807, 2.05) is 12.1 Å². The van der Waals surface area contributed by atoms with Gasteiger partial charge in [-0.25, -0.2) is 14.4 Å². The number of rotatable bonds is 6. The molecule has 0 saturated heterocycles. The first-order valence-electron chi connectivity index (χ1n) is 9.35. The lowest BCUT2D eigenvalue weighted by atomic mass is 10.3. The van der Waals surface area contributed by atoms with Gasteiger partial charge in [-0.3, -0.25) is 10.6 Å². The van der Waals surface area contributed by atoms with E-state index in [1.165, 1.54) is 0 Å². The minimum absolute atomic E-state index is 0.164. The van der Waals surface area contributed by atoms with E-state index in [1.54, 1.807) is 48.5 Å². The Balaban J connectivity index is 1.44. The fourth-order valence-corrected chi connectivity index (χ4v) is 3.35. The summed E-state index contributed by atoms with van der Waals surface area (Å²) >= 11 is 12.1. The second-order valence-corrected chi connectivity index (χ2v) is 7.38. The zero-order valence-electron chi connectivity index (χ0n) is 16.2. The van der Waals surface area contributed by atoms with Gasteiger partial charge in [-0.1, -0.05) is 59.6 Å². The third-order valence-electron chi connectivity index (χ3n) is 4.44. The first-order valence-corrected chi connectivity index (χ1v) is 10.1. The van der Waals surface area contributed by atoms with E-state index in [2.05, 4.69) is 21.3 Å². The molecule has 4 rings (SSSR count). The zero-order valence-corrected chi connectivity index (χ0v) is 17.7. The molecule has 2 aliphatic heterocycles. The average Bonchev–Trinajstić information content (AvgIpc) is 3.19. The number of ether oxygens (including phenoxy) is 2. The fraction of sp³-hybridized carbons (Fsp3) is 0.0952. The number of para-hydroxylation sites is 2. The molecule has 0 spiro atoms.